The zero-order valence-electron chi connectivity index (χ0n) is 17.2. The van der Waals surface area contributed by atoms with Crippen LogP contribution in [0.5, 0.6) is 0 Å². The van der Waals surface area contributed by atoms with E-state index in [2.05, 4.69) is 24.8 Å². The van der Waals surface area contributed by atoms with Crippen molar-refractivity contribution in [1.82, 2.24) is 19.6 Å². The SMILES string of the molecule is CC(C)C(C#N)N1CCN(C(=O)c2cn(-c3ccccc3)nc2-c2cccs2)CC1. The summed E-state index contributed by atoms with van der Waals surface area (Å²) in [6.07, 6.45) is 1.84. The third kappa shape index (κ3) is 4.02. The Morgan fingerprint density at radius 3 is 2.43 bits per heavy atom. The Morgan fingerprint density at radius 2 is 1.83 bits per heavy atom. The van der Waals surface area contributed by atoms with Crippen LogP contribution in [0.1, 0.15) is 24.2 Å². The minimum Gasteiger partial charge on any atom is -0.336 e. The second-order valence-electron chi connectivity index (χ2n) is 7.79. The molecule has 0 bridgehead atoms. The first-order chi connectivity index (χ1) is 14.6. The predicted octanol–water partition coefficient (Wildman–Crippen LogP) is 3.91. The van der Waals surface area contributed by atoms with Gasteiger partial charge >= 0.3 is 0 Å². The summed E-state index contributed by atoms with van der Waals surface area (Å²) in [5.74, 6) is 0.269. The standard InChI is InChI=1S/C23H25N5OS/c1-17(2)20(15-24)26-10-12-27(13-11-26)23(29)19-16-28(18-7-4-3-5-8-18)25-22(19)21-9-6-14-30-21/h3-9,14,16-17,20H,10-13H2,1-2H3. The Morgan fingerprint density at radius 1 is 1.10 bits per heavy atom. The summed E-state index contributed by atoms with van der Waals surface area (Å²) in [7, 11) is 0. The Labute approximate surface area is 181 Å². The van der Waals surface area contributed by atoms with Gasteiger partial charge in [-0.1, -0.05) is 38.1 Å². The summed E-state index contributed by atoms with van der Waals surface area (Å²) < 4.78 is 1.78. The summed E-state index contributed by atoms with van der Waals surface area (Å²) in [6.45, 7) is 6.79. The van der Waals surface area contributed by atoms with Gasteiger partial charge in [0.1, 0.15) is 11.7 Å². The van der Waals surface area contributed by atoms with E-state index in [9.17, 15) is 10.1 Å². The van der Waals surface area contributed by atoms with Gasteiger partial charge in [0.25, 0.3) is 5.91 Å². The molecule has 0 radical (unpaired) electrons. The van der Waals surface area contributed by atoms with Crippen molar-refractivity contribution in [2.45, 2.75) is 19.9 Å². The molecule has 4 rings (SSSR count). The van der Waals surface area contributed by atoms with Gasteiger partial charge in [-0.2, -0.15) is 10.4 Å². The number of nitrogens with zero attached hydrogens (tertiary/aromatic N) is 5. The molecule has 7 heteroatoms. The van der Waals surface area contributed by atoms with E-state index in [0.717, 1.165) is 16.3 Å². The summed E-state index contributed by atoms with van der Waals surface area (Å²) in [4.78, 5) is 18.5. The number of nitriles is 1. The van der Waals surface area contributed by atoms with Crippen LogP contribution in [0.4, 0.5) is 0 Å². The molecule has 2 aromatic heterocycles. The van der Waals surface area contributed by atoms with Crippen LogP contribution in [0.15, 0.2) is 54.0 Å². The Hall–Kier alpha value is -2.95. The average molecular weight is 420 g/mol. The van der Waals surface area contributed by atoms with Crippen LogP contribution in [0.2, 0.25) is 0 Å². The summed E-state index contributed by atoms with van der Waals surface area (Å²) >= 11 is 1.58. The number of para-hydroxylation sites is 1. The van der Waals surface area contributed by atoms with Gasteiger partial charge in [0.05, 0.1) is 22.2 Å². The fourth-order valence-corrected chi connectivity index (χ4v) is 4.59. The molecule has 1 saturated heterocycles. The van der Waals surface area contributed by atoms with Crippen molar-refractivity contribution in [3.8, 4) is 22.3 Å². The van der Waals surface area contributed by atoms with Crippen molar-refractivity contribution in [2.75, 3.05) is 26.2 Å². The molecular weight excluding hydrogens is 394 g/mol. The maximum Gasteiger partial charge on any atom is 0.257 e. The van der Waals surface area contributed by atoms with Crippen molar-refractivity contribution in [2.24, 2.45) is 5.92 Å². The maximum atomic E-state index is 13.4. The number of carbonyl (C=O) groups is 1. The number of thiophene rings is 1. The van der Waals surface area contributed by atoms with E-state index in [0.29, 0.717) is 31.7 Å². The highest BCUT2D eigenvalue weighted by Gasteiger charge is 2.30. The van der Waals surface area contributed by atoms with E-state index < -0.39 is 0 Å². The normalized spacial score (nSPS) is 15.9. The fourth-order valence-electron chi connectivity index (χ4n) is 3.86. The smallest absolute Gasteiger partial charge is 0.257 e. The second kappa shape index (κ2) is 8.82. The summed E-state index contributed by atoms with van der Waals surface area (Å²) in [5, 5.41) is 16.2. The first kappa shape index (κ1) is 20.3. The van der Waals surface area contributed by atoms with E-state index in [1.807, 2.05) is 58.9 Å². The monoisotopic (exact) mass is 419 g/mol. The van der Waals surface area contributed by atoms with Crippen molar-refractivity contribution in [1.29, 1.82) is 5.26 Å². The Kier molecular flexibility index (Phi) is 5.98. The molecule has 1 aliphatic rings. The van der Waals surface area contributed by atoms with Crippen molar-refractivity contribution in [3.05, 3.63) is 59.6 Å². The number of piperazine rings is 1. The lowest BCUT2D eigenvalue weighted by molar-refractivity contribution is 0.0577. The first-order valence-electron chi connectivity index (χ1n) is 10.2. The lowest BCUT2D eigenvalue weighted by Gasteiger charge is -2.38. The third-order valence-electron chi connectivity index (χ3n) is 5.48. The first-order valence-corrected chi connectivity index (χ1v) is 11.1. The minimum absolute atomic E-state index is 0.00159. The topological polar surface area (TPSA) is 65.2 Å². The molecular formula is C23H25N5OS. The molecule has 154 valence electrons. The van der Waals surface area contributed by atoms with Gasteiger partial charge in [0.15, 0.2) is 0 Å². The number of hydrogen-bond acceptors (Lipinski definition) is 5. The molecule has 1 aliphatic heterocycles. The molecule has 1 aromatic carbocycles. The molecule has 1 amide bonds. The Balaban J connectivity index is 1.58. The zero-order chi connectivity index (χ0) is 21.1. The van der Waals surface area contributed by atoms with E-state index in [1.165, 1.54) is 0 Å². The molecule has 30 heavy (non-hydrogen) atoms. The second-order valence-corrected chi connectivity index (χ2v) is 8.74. The van der Waals surface area contributed by atoms with Gasteiger partial charge in [-0.15, -0.1) is 11.3 Å². The summed E-state index contributed by atoms with van der Waals surface area (Å²) in [5.41, 5.74) is 2.27. The number of aromatic nitrogens is 2. The fraction of sp³-hybridized carbons (Fsp3) is 0.348. The molecule has 3 aromatic rings. The lowest BCUT2D eigenvalue weighted by Crippen LogP contribution is -2.52. The van der Waals surface area contributed by atoms with Crippen LogP contribution < -0.4 is 0 Å². The highest BCUT2D eigenvalue weighted by Crippen LogP contribution is 2.29. The number of benzene rings is 1. The predicted molar refractivity (Wildman–Crippen MR) is 119 cm³/mol. The lowest BCUT2D eigenvalue weighted by atomic mass is 10.0. The van der Waals surface area contributed by atoms with E-state index >= 15 is 0 Å². The third-order valence-corrected chi connectivity index (χ3v) is 6.36. The maximum absolute atomic E-state index is 13.4. The quantitative estimate of drug-likeness (QED) is 0.629. The van der Waals surface area contributed by atoms with Gasteiger partial charge in [0, 0.05) is 32.4 Å². The van der Waals surface area contributed by atoms with E-state index in [1.54, 1.807) is 16.0 Å². The van der Waals surface area contributed by atoms with Crippen molar-refractivity contribution >= 4 is 17.2 Å². The molecule has 1 fully saturated rings. The van der Waals surface area contributed by atoms with E-state index in [4.69, 9.17) is 5.10 Å². The largest absolute Gasteiger partial charge is 0.336 e. The van der Waals surface area contributed by atoms with Crippen LogP contribution in [0.3, 0.4) is 0 Å². The van der Waals surface area contributed by atoms with Crippen LogP contribution in [-0.4, -0.2) is 57.7 Å². The number of amides is 1. The number of rotatable bonds is 5. The molecule has 0 spiro atoms. The molecule has 0 saturated carbocycles. The van der Waals surface area contributed by atoms with Crippen molar-refractivity contribution < 1.29 is 4.79 Å². The van der Waals surface area contributed by atoms with Crippen LogP contribution >= 0.6 is 11.3 Å². The van der Waals surface area contributed by atoms with Gasteiger partial charge in [-0.25, -0.2) is 4.68 Å². The number of carbonyl (C=O) groups excluding carboxylic acids is 1. The average Bonchev–Trinajstić information content (AvgIpc) is 3.44. The molecule has 0 aliphatic carbocycles. The highest BCUT2D eigenvalue weighted by atomic mass is 32.1. The molecule has 6 nitrogen and oxygen atoms in total. The van der Waals surface area contributed by atoms with Crippen LogP contribution in [0.25, 0.3) is 16.3 Å². The Bertz CT molecular complexity index is 1030. The van der Waals surface area contributed by atoms with E-state index in [-0.39, 0.29) is 17.9 Å². The molecule has 1 unspecified atom stereocenters. The summed E-state index contributed by atoms with van der Waals surface area (Å²) in [6, 6.07) is 16.1. The number of hydrogen-bond donors (Lipinski definition) is 0. The zero-order valence-corrected chi connectivity index (χ0v) is 18.0. The van der Waals surface area contributed by atoms with Crippen molar-refractivity contribution in [3.63, 3.8) is 0 Å². The molecule has 3 heterocycles. The minimum atomic E-state index is -0.107. The van der Waals surface area contributed by atoms with Gasteiger partial charge in [0.2, 0.25) is 0 Å². The van der Waals surface area contributed by atoms with Crippen LogP contribution in [0, 0.1) is 17.2 Å². The van der Waals surface area contributed by atoms with Crippen LogP contribution in [-0.2, 0) is 0 Å². The van der Waals surface area contributed by atoms with Gasteiger partial charge < -0.3 is 4.90 Å². The van der Waals surface area contributed by atoms with Gasteiger partial charge in [-0.05, 0) is 29.5 Å². The molecule has 1 atom stereocenters. The highest BCUT2D eigenvalue weighted by molar-refractivity contribution is 7.13. The molecule has 0 N–H and O–H groups in total. The van der Waals surface area contributed by atoms with Gasteiger partial charge in [-0.3, -0.25) is 9.69 Å².